The predicted octanol–water partition coefficient (Wildman–Crippen LogP) is -0.0540. The lowest BCUT2D eigenvalue weighted by Gasteiger charge is -2.12. The van der Waals surface area contributed by atoms with E-state index in [-0.39, 0.29) is 5.91 Å². The van der Waals surface area contributed by atoms with Crippen molar-refractivity contribution in [3.63, 3.8) is 0 Å². The van der Waals surface area contributed by atoms with Crippen LogP contribution in [0, 0.1) is 6.92 Å². The molecule has 2 N–H and O–H groups in total. The van der Waals surface area contributed by atoms with E-state index in [1.54, 1.807) is 0 Å². The topological polar surface area (TPSA) is 97.1 Å². The molecule has 8 heteroatoms. The highest BCUT2D eigenvalue weighted by atomic mass is 32.2. The summed E-state index contributed by atoms with van der Waals surface area (Å²) in [6.07, 6.45) is 0. The van der Waals surface area contributed by atoms with Crippen LogP contribution in [-0.2, 0) is 22.4 Å². The van der Waals surface area contributed by atoms with Crippen molar-refractivity contribution in [3.05, 3.63) is 11.6 Å². The van der Waals surface area contributed by atoms with Crippen molar-refractivity contribution in [1.82, 2.24) is 20.1 Å². The molecule has 0 saturated carbocycles. The van der Waals surface area contributed by atoms with E-state index in [9.17, 15) is 9.59 Å². The quantitative estimate of drug-likeness (QED) is 0.753. The summed E-state index contributed by atoms with van der Waals surface area (Å²) in [5.41, 5.74) is 0. The Hall–Kier alpha value is -1.57. The number of aliphatic carboxylic acids is 1. The number of carbonyl (C=O) groups is 2. The molecule has 1 rings (SSSR count). The summed E-state index contributed by atoms with van der Waals surface area (Å²) >= 11 is 1.39. The number of carboxylic acids is 1. The Morgan fingerprint density at radius 2 is 2.17 bits per heavy atom. The number of amides is 1. The molecule has 0 aliphatic heterocycles. The fourth-order valence-electron chi connectivity index (χ4n) is 1.26. The molecular formula is C10H16N4O3S. The average Bonchev–Trinajstić information content (AvgIpc) is 2.58. The van der Waals surface area contributed by atoms with Crippen LogP contribution in [0.4, 0.5) is 0 Å². The Kier molecular flexibility index (Phi) is 5.14. The van der Waals surface area contributed by atoms with Gasteiger partial charge in [0.15, 0.2) is 0 Å². The fraction of sp³-hybridized carbons (Fsp3) is 0.600. The summed E-state index contributed by atoms with van der Waals surface area (Å²) < 4.78 is 1.85. The number of hydrogen-bond acceptors (Lipinski definition) is 5. The van der Waals surface area contributed by atoms with Crippen LogP contribution in [0.2, 0.25) is 0 Å². The molecule has 1 atom stereocenters. The number of aromatic nitrogens is 3. The molecule has 0 spiro atoms. The van der Waals surface area contributed by atoms with Crippen LogP contribution < -0.4 is 5.32 Å². The molecule has 7 nitrogen and oxygen atoms in total. The van der Waals surface area contributed by atoms with E-state index in [2.05, 4.69) is 15.5 Å². The highest BCUT2D eigenvalue weighted by Crippen LogP contribution is 2.11. The van der Waals surface area contributed by atoms with Crippen LogP contribution in [0.25, 0.3) is 0 Å². The Morgan fingerprint density at radius 3 is 2.61 bits per heavy atom. The molecular weight excluding hydrogens is 256 g/mol. The van der Waals surface area contributed by atoms with Gasteiger partial charge in [-0.15, -0.1) is 10.2 Å². The third kappa shape index (κ3) is 4.02. The Bertz CT molecular complexity index is 446. The first-order valence-electron chi connectivity index (χ1n) is 5.34. The Morgan fingerprint density at radius 1 is 1.50 bits per heavy atom. The van der Waals surface area contributed by atoms with Gasteiger partial charge in [0.25, 0.3) is 0 Å². The maximum Gasteiger partial charge on any atom is 0.327 e. The molecule has 1 amide bonds. The van der Waals surface area contributed by atoms with Gasteiger partial charge in [-0.1, -0.05) is 0 Å². The van der Waals surface area contributed by atoms with Crippen molar-refractivity contribution in [2.75, 3.05) is 5.75 Å². The third-order valence-corrected chi connectivity index (χ3v) is 3.41. The van der Waals surface area contributed by atoms with E-state index >= 15 is 0 Å². The number of hydrogen-bond donors (Lipinski definition) is 2. The second-order valence-corrected chi connectivity index (χ2v) is 4.86. The summed E-state index contributed by atoms with van der Waals surface area (Å²) in [6, 6.07) is -0.873. The van der Waals surface area contributed by atoms with E-state index in [1.807, 2.05) is 18.5 Å². The molecule has 0 radical (unpaired) electrons. The number of nitrogens with one attached hydrogen (secondary N) is 1. The van der Waals surface area contributed by atoms with E-state index in [1.165, 1.54) is 18.7 Å². The third-order valence-electron chi connectivity index (χ3n) is 2.37. The summed E-state index contributed by atoms with van der Waals surface area (Å²) in [5.74, 6) is 1.05. The first-order chi connectivity index (χ1) is 8.41. The zero-order valence-electron chi connectivity index (χ0n) is 10.5. The van der Waals surface area contributed by atoms with Gasteiger partial charge >= 0.3 is 5.97 Å². The molecule has 0 bridgehead atoms. The standard InChI is InChI=1S/C10H16N4O3S/c1-6-12-13-9(14(6)3)5-18-4-8(10(16)17)11-7(2)15/h8H,4-5H2,1-3H3,(H,11,15)(H,16,17)/t8-/m0/s1. The van der Waals surface area contributed by atoms with E-state index in [0.29, 0.717) is 11.5 Å². The smallest absolute Gasteiger partial charge is 0.327 e. The maximum absolute atomic E-state index is 10.9. The van der Waals surface area contributed by atoms with Crippen LogP contribution in [0.5, 0.6) is 0 Å². The predicted molar refractivity (Wildman–Crippen MR) is 67.1 cm³/mol. The van der Waals surface area contributed by atoms with Gasteiger partial charge in [-0.3, -0.25) is 4.79 Å². The Labute approximate surface area is 109 Å². The molecule has 1 aromatic rings. The van der Waals surface area contributed by atoms with Crippen molar-refractivity contribution in [2.45, 2.75) is 25.6 Å². The maximum atomic E-state index is 10.9. The van der Waals surface area contributed by atoms with E-state index in [4.69, 9.17) is 5.11 Å². The molecule has 0 aliphatic rings. The van der Waals surface area contributed by atoms with Gasteiger partial charge in [0.05, 0.1) is 5.75 Å². The highest BCUT2D eigenvalue weighted by molar-refractivity contribution is 7.98. The first kappa shape index (κ1) is 14.5. The lowest BCUT2D eigenvalue weighted by atomic mass is 10.3. The monoisotopic (exact) mass is 272 g/mol. The lowest BCUT2D eigenvalue weighted by molar-refractivity contribution is -0.140. The molecule has 0 unspecified atom stereocenters. The van der Waals surface area contributed by atoms with Gasteiger partial charge in [-0.25, -0.2) is 4.79 Å². The molecule has 1 aromatic heterocycles. The van der Waals surface area contributed by atoms with E-state index < -0.39 is 12.0 Å². The number of aryl methyl sites for hydroxylation is 1. The molecule has 18 heavy (non-hydrogen) atoms. The van der Waals surface area contributed by atoms with Crippen LogP contribution in [-0.4, -0.2) is 43.5 Å². The van der Waals surface area contributed by atoms with E-state index in [0.717, 1.165) is 11.6 Å². The van der Waals surface area contributed by atoms with Gasteiger partial charge in [-0.05, 0) is 6.92 Å². The second kappa shape index (κ2) is 6.39. The number of rotatable bonds is 6. The number of nitrogens with zero attached hydrogens (tertiary/aromatic N) is 3. The van der Waals surface area contributed by atoms with Crippen molar-refractivity contribution in [1.29, 1.82) is 0 Å². The van der Waals surface area contributed by atoms with Gasteiger partial charge < -0.3 is 15.0 Å². The van der Waals surface area contributed by atoms with Gasteiger partial charge in [0, 0.05) is 19.7 Å². The second-order valence-electron chi connectivity index (χ2n) is 3.83. The van der Waals surface area contributed by atoms with Crippen molar-refractivity contribution in [2.24, 2.45) is 7.05 Å². The van der Waals surface area contributed by atoms with Gasteiger partial charge in [0.2, 0.25) is 5.91 Å². The normalized spacial score (nSPS) is 12.2. The summed E-state index contributed by atoms with van der Waals surface area (Å²) in [4.78, 5) is 21.7. The lowest BCUT2D eigenvalue weighted by Crippen LogP contribution is -2.41. The van der Waals surface area contributed by atoms with Crippen molar-refractivity contribution < 1.29 is 14.7 Å². The minimum atomic E-state index is -1.04. The van der Waals surface area contributed by atoms with Crippen LogP contribution in [0.1, 0.15) is 18.6 Å². The van der Waals surface area contributed by atoms with Crippen molar-refractivity contribution in [3.8, 4) is 0 Å². The molecule has 0 aromatic carbocycles. The summed E-state index contributed by atoms with van der Waals surface area (Å²) in [6.45, 7) is 3.14. The van der Waals surface area contributed by atoms with Crippen molar-refractivity contribution >= 4 is 23.6 Å². The largest absolute Gasteiger partial charge is 0.480 e. The first-order valence-corrected chi connectivity index (χ1v) is 6.49. The number of carboxylic acid groups (broad SMARTS) is 1. The molecule has 100 valence electrons. The molecule has 0 saturated heterocycles. The molecule has 0 fully saturated rings. The van der Waals surface area contributed by atoms with Crippen LogP contribution in [0.3, 0.4) is 0 Å². The number of thioether (sulfide) groups is 1. The average molecular weight is 272 g/mol. The molecule has 1 heterocycles. The fourth-order valence-corrected chi connectivity index (χ4v) is 2.28. The van der Waals surface area contributed by atoms with Crippen LogP contribution in [0.15, 0.2) is 0 Å². The minimum Gasteiger partial charge on any atom is -0.480 e. The van der Waals surface area contributed by atoms with Crippen LogP contribution >= 0.6 is 11.8 Å². The zero-order valence-corrected chi connectivity index (χ0v) is 11.3. The number of carbonyl (C=O) groups excluding carboxylic acids is 1. The SMILES string of the molecule is CC(=O)N[C@@H](CSCc1nnc(C)n1C)C(=O)O. The summed E-state index contributed by atoms with van der Waals surface area (Å²) in [7, 11) is 1.85. The zero-order chi connectivity index (χ0) is 13.7. The molecule has 0 aliphatic carbocycles. The minimum absolute atomic E-state index is 0.292. The Balaban J connectivity index is 2.46. The summed E-state index contributed by atoms with van der Waals surface area (Å²) in [5, 5.41) is 19.2. The highest BCUT2D eigenvalue weighted by Gasteiger charge is 2.18. The van der Waals surface area contributed by atoms with Gasteiger partial charge in [0.1, 0.15) is 17.7 Å². The van der Waals surface area contributed by atoms with Gasteiger partial charge in [-0.2, -0.15) is 11.8 Å².